The van der Waals surface area contributed by atoms with Gasteiger partial charge >= 0.3 is 0 Å². The van der Waals surface area contributed by atoms with Crippen molar-refractivity contribution in [3.63, 3.8) is 0 Å². The fourth-order valence-corrected chi connectivity index (χ4v) is 7.29. The van der Waals surface area contributed by atoms with Crippen molar-refractivity contribution in [1.82, 2.24) is 4.72 Å². The topological polar surface area (TPSA) is 63.2 Å². The summed E-state index contributed by atoms with van der Waals surface area (Å²) in [5.74, 6) is 0. The van der Waals surface area contributed by atoms with E-state index in [4.69, 9.17) is 0 Å². The molecule has 36 heavy (non-hydrogen) atoms. The van der Waals surface area contributed by atoms with Crippen LogP contribution in [0.1, 0.15) is 62.3 Å². The SMILES string of the molecule is C=C(S(=O)c1ccc(C)cc1)[C@@](CC)(CCCC)[C@H](NS(=O)(=O)c1ccc(C)cc1)c1ccccc1. The molecular weight excluding hydrogens is 486 g/mol. The number of sulfonamides is 1. The summed E-state index contributed by atoms with van der Waals surface area (Å²) in [7, 11) is -5.37. The number of nitrogens with one attached hydrogen (secondary N) is 1. The molecule has 0 spiro atoms. The van der Waals surface area contributed by atoms with Crippen molar-refractivity contribution in [3.05, 3.63) is 107 Å². The maximum Gasteiger partial charge on any atom is 0.241 e. The van der Waals surface area contributed by atoms with Crippen LogP contribution in [0.5, 0.6) is 0 Å². The lowest BCUT2D eigenvalue weighted by Gasteiger charge is -2.42. The van der Waals surface area contributed by atoms with Crippen molar-refractivity contribution in [3.8, 4) is 0 Å². The van der Waals surface area contributed by atoms with Crippen LogP contribution in [0.25, 0.3) is 0 Å². The standard InChI is InChI=1S/C30H37NO3S2/c1-6-8-22-30(7-2,25(5)35(32)27-18-14-23(3)15-19-27)29(26-12-10-9-11-13-26)31-36(33,34)28-20-16-24(4)17-21-28/h9-21,29,31H,5-8,22H2,1-4H3/t29-,30-,35?/m1/s1. The van der Waals surface area contributed by atoms with Gasteiger partial charge in [0.25, 0.3) is 0 Å². The Morgan fingerprint density at radius 3 is 2.00 bits per heavy atom. The lowest BCUT2D eigenvalue weighted by Crippen LogP contribution is -2.43. The summed E-state index contributed by atoms with van der Waals surface area (Å²) < 4.78 is 44.2. The maximum atomic E-state index is 13.9. The fourth-order valence-electron chi connectivity index (χ4n) is 4.59. The molecule has 0 heterocycles. The number of hydrogen-bond donors (Lipinski definition) is 1. The van der Waals surface area contributed by atoms with Gasteiger partial charge in [0, 0.05) is 15.2 Å². The Balaban J connectivity index is 2.15. The molecule has 0 aliphatic carbocycles. The van der Waals surface area contributed by atoms with E-state index < -0.39 is 32.3 Å². The van der Waals surface area contributed by atoms with Crippen LogP contribution in [0.2, 0.25) is 0 Å². The molecular formula is C30H37NO3S2. The van der Waals surface area contributed by atoms with Gasteiger partial charge in [0.05, 0.1) is 21.7 Å². The highest BCUT2D eigenvalue weighted by molar-refractivity contribution is 7.89. The minimum atomic E-state index is -3.86. The van der Waals surface area contributed by atoms with Gasteiger partial charge in [-0.15, -0.1) is 0 Å². The summed E-state index contributed by atoms with van der Waals surface area (Å²) in [5.41, 5.74) is 2.14. The van der Waals surface area contributed by atoms with Gasteiger partial charge in [0.15, 0.2) is 0 Å². The second-order valence-electron chi connectivity index (χ2n) is 9.40. The summed E-state index contributed by atoms with van der Waals surface area (Å²) in [4.78, 5) is 1.43. The molecule has 0 aromatic heterocycles. The van der Waals surface area contributed by atoms with Crippen molar-refractivity contribution < 1.29 is 12.6 Å². The zero-order valence-corrected chi connectivity index (χ0v) is 23.3. The highest BCUT2D eigenvalue weighted by Crippen LogP contribution is 2.49. The van der Waals surface area contributed by atoms with Crippen molar-refractivity contribution >= 4 is 20.8 Å². The third kappa shape index (κ3) is 6.23. The van der Waals surface area contributed by atoms with E-state index >= 15 is 0 Å². The third-order valence-electron chi connectivity index (χ3n) is 6.91. The van der Waals surface area contributed by atoms with Gasteiger partial charge in [0.2, 0.25) is 10.0 Å². The minimum absolute atomic E-state index is 0.208. The van der Waals surface area contributed by atoms with Crippen LogP contribution in [-0.2, 0) is 20.8 Å². The van der Waals surface area contributed by atoms with Gasteiger partial charge in [-0.05, 0) is 56.5 Å². The van der Waals surface area contributed by atoms with Gasteiger partial charge < -0.3 is 0 Å². The van der Waals surface area contributed by atoms with E-state index in [-0.39, 0.29) is 4.90 Å². The van der Waals surface area contributed by atoms with E-state index in [1.807, 2.05) is 75.4 Å². The van der Waals surface area contributed by atoms with Crippen molar-refractivity contribution in [1.29, 1.82) is 0 Å². The summed E-state index contributed by atoms with van der Waals surface area (Å²) in [5, 5.41) is 0. The molecule has 3 rings (SSSR count). The van der Waals surface area contributed by atoms with Crippen molar-refractivity contribution in [2.45, 2.75) is 69.2 Å². The van der Waals surface area contributed by atoms with Crippen LogP contribution in [-0.4, -0.2) is 12.6 Å². The normalized spacial score (nSPS) is 15.1. The molecule has 0 radical (unpaired) electrons. The smallest absolute Gasteiger partial charge is 0.241 e. The lowest BCUT2D eigenvalue weighted by atomic mass is 9.71. The molecule has 0 aliphatic heterocycles. The van der Waals surface area contributed by atoms with Gasteiger partial charge in [-0.1, -0.05) is 99.0 Å². The zero-order chi connectivity index (χ0) is 26.3. The molecule has 3 atom stereocenters. The van der Waals surface area contributed by atoms with Crippen LogP contribution in [0.3, 0.4) is 0 Å². The lowest BCUT2D eigenvalue weighted by molar-refractivity contribution is 0.240. The number of aryl methyl sites for hydroxylation is 2. The first-order valence-electron chi connectivity index (χ1n) is 12.5. The third-order valence-corrected chi connectivity index (χ3v) is 9.90. The molecule has 0 bridgehead atoms. The van der Waals surface area contributed by atoms with E-state index in [2.05, 4.69) is 18.2 Å². The Labute approximate surface area is 219 Å². The fraction of sp³-hybridized carbons (Fsp3) is 0.333. The second-order valence-corrected chi connectivity index (χ2v) is 12.6. The summed E-state index contributed by atoms with van der Waals surface area (Å²) in [6, 6.07) is 23.4. The number of hydrogen-bond acceptors (Lipinski definition) is 3. The van der Waals surface area contributed by atoms with Crippen LogP contribution >= 0.6 is 0 Å². The first kappa shape index (κ1) is 28.0. The van der Waals surface area contributed by atoms with Crippen LogP contribution in [0, 0.1) is 19.3 Å². The van der Waals surface area contributed by atoms with E-state index in [0.717, 1.165) is 29.5 Å². The Morgan fingerprint density at radius 2 is 1.47 bits per heavy atom. The van der Waals surface area contributed by atoms with Gasteiger partial charge in [-0.2, -0.15) is 0 Å². The molecule has 3 aromatic carbocycles. The monoisotopic (exact) mass is 523 g/mol. The predicted molar refractivity (Wildman–Crippen MR) is 150 cm³/mol. The predicted octanol–water partition coefficient (Wildman–Crippen LogP) is 7.23. The summed E-state index contributed by atoms with van der Waals surface area (Å²) in [6.07, 6.45) is 3.03. The van der Waals surface area contributed by atoms with Gasteiger partial charge in [-0.3, -0.25) is 0 Å². The van der Waals surface area contributed by atoms with Crippen LogP contribution in [0.4, 0.5) is 0 Å². The summed E-state index contributed by atoms with van der Waals surface area (Å²) in [6.45, 7) is 12.4. The quantitative estimate of drug-likeness (QED) is 0.272. The average molecular weight is 524 g/mol. The molecule has 6 heteroatoms. The highest BCUT2D eigenvalue weighted by atomic mass is 32.2. The Bertz CT molecular complexity index is 1280. The highest BCUT2D eigenvalue weighted by Gasteiger charge is 2.44. The van der Waals surface area contributed by atoms with Crippen LogP contribution < -0.4 is 4.72 Å². The second kappa shape index (κ2) is 12.1. The number of unbranched alkanes of at least 4 members (excludes halogenated alkanes) is 1. The molecule has 192 valence electrons. The maximum absolute atomic E-state index is 13.9. The molecule has 1 N–H and O–H groups in total. The first-order chi connectivity index (χ1) is 17.1. The summed E-state index contributed by atoms with van der Waals surface area (Å²) >= 11 is 0. The Kier molecular flexibility index (Phi) is 9.45. The zero-order valence-electron chi connectivity index (χ0n) is 21.7. The minimum Gasteiger partial charge on any atom is -0.249 e. The molecule has 1 unspecified atom stereocenters. The van der Waals surface area contributed by atoms with E-state index in [9.17, 15) is 12.6 Å². The Hall–Kier alpha value is -2.54. The molecule has 0 saturated carbocycles. The van der Waals surface area contributed by atoms with Crippen LogP contribution in [0.15, 0.2) is 100 Å². The van der Waals surface area contributed by atoms with E-state index in [1.165, 1.54) is 0 Å². The van der Waals surface area contributed by atoms with E-state index in [0.29, 0.717) is 22.6 Å². The molecule has 3 aromatic rings. The largest absolute Gasteiger partial charge is 0.249 e. The number of rotatable bonds is 12. The molecule has 0 amide bonds. The number of benzene rings is 3. The molecule has 0 aliphatic rings. The van der Waals surface area contributed by atoms with Crippen molar-refractivity contribution in [2.75, 3.05) is 0 Å². The molecule has 0 fully saturated rings. The van der Waals surface area contributed by atoms with E-state index in [1.54, 1.807) is 24.3 Å². The van der Waals surface area contributed by atoms with Crippen molar-refractivity contribution in [2.24, 2.45) is 5.41 Å². The van der Waals surface area contributed by atoms with Gasteiger partial charge in [0.1, 0.15) is 0 Å². The Morgan fingerprint density at radius 1 is 0.917 bits per heavy atom. The molecule has 4 nitrogen and oxygen atoms in total. The van der Waals surface area contributed by atoms with Gasteiger partial charge in [-0.25, -0.2) is 17.3 Å². The first-order valence-corrected chi connectivity index (χ1v) is 15.1. The average Bonchev–Trinajstić information content (AvgIpc) is 2.89. The molecule has 0 saturated heterocycles.